The lowest BCUT2D eigenvalue weighted by atomic mass is 10.0. The van der Waals surface area contributed by atoms with Crippen molar-refractivity contribution in [1.29, 1.82) is 0 Å². The first-order chi connectivity index (χ1) is 13.2. The Bertz CT molecular complexity index is 632. The van der Waals surface area contributed by atoms with E-state index in [4.69, 9.17) is 18.9 Å². The second-order valence-electron chi connectivity index (χ2n) is 6.05. The van der Waals surface area contributed by atoms with Gasteiger partial charge in [0, 0.05) is 20.8 Å². The van der Waals surface area contributed by atoms with Gasteiger partial charge in [0.05, 0.1) is 19.8 Å². The molecule has 0 saturated heterocycles. The average molecular weight is 398 g/mol. The Morgan fingerprint density at radius 1 is 0.893 bits per heavy atom. The van der Waals surface area contributed by atoms with Crippen LogP contribution in [0.15, 0.2) is 30.3 Å². The van der Waals surface area contributed by atoms with Crippen LogP contribution in [0, 0.1) is 0 Å². The third-order valence-corrected chi connectivity index (χ3v) is 3.57. The van der Waals surface area contributed by atoms with E-state index in [2.05, 4.69) is 0 Å². The number of benzene rings is 1. The van der Waals surface area contributed by atoms with Crippen molar-refractivity contribution in [2.24, 2.45) is 0 Å². The molecule has 28 heavy (non-hydrogen) atoms. The van der Waals surface area contributed by atoms with Crippen LogP contribution in [-0.4, -0.2) is 65.8 Å². The molecule has 0 aromatic heterocycles. The molecule has 2 N–H and O–H groups in total. The van der Waals surface area contributed by atoms with E-state index >= 15 is 0 Å². The molecule has 0 fully saturated rings. The van der Waals surface area contributed by atoms with Gasteiger partial charge in [-0.1, -0.05) is 30.3 Å². The monoisotopic (exact) mass is 398 g/mol. The Morgan fingerprint density at radius 3 is 1.93 bits per heavy atom. The highest BCUT2D eigenvalue weighted by atomic mass is 16.6. The van der Waals surface area contributed by atoms with Gasteiger partial charge < -0.3 is 29.2 Å². The number of hydrogen-bond donors (Lipinski definition) is 2. The molecule has 0 unspecified atom stereocenters. The Balaban J connectivity index is 2.92. The molecule has 0 spiro atoms. The summed E-state index contributed by atoms with van der Waals surface area (Å²) in [7, 11) is 0. The fraction of sp³-hybridized carbons (Fsp3) is 0.526. The van der Waals surface area contributed by atoms with E-state index in [9.17, 15) is 24.6 Å². The molecule has 0 aliphatic rings. The summed E-state index contributed by atoms with van der Waals surface area (Å²) >= 11 is 0. The van der Waals surface area contributed by atoms with Crippen molar-refractivity contribution in [1.82, 2.24) is 0 Å². The molecule has 0 radical (unpaired) electrons. The number of hydrogen-bond acceptors (Lipinski definition) is 9. The minimum absolute atomic E-state index is 0.191. The van der Waals surface area contributed by atoms with Gasteiger partial charge in [0.1, 0.15) is 6.10 Å². The zero-order valence-electron chi connectivity index (χ0n) is 16.1. The van der Waals surface area contributed by atoms with Crippen LogP contribution in [0.3, 0.4) is 0 Å². The molecular weight excluding hydrogens is 372 g/mol. The molecule has 0 aliphatic carbocycles. The SMILES string of the molecule is CC(=O)O[C@@H]([C@H](OC(C)=O)[C@@H](CO)OC(C)=O)[C@H](O)COCc1ccccc1. The van der Waals surface area contributed by atoms with E-state index < -0.39 is 48.9 Å². The highest BCUT2D eigenvalue weighted by Gasteiger charge is 2.41. The van der Waals surface area contributed by atoms with Gasteiger partial charge in [0.15, 0.2) is 18.3 Å². The van der Waals surface area contributed by atoms with Crippen LogP contribution >= 0.6 is 0 Å². The number of carbonyl (C=O) groups is 3. The zero-order chi connectivity index (χ0) is 21.1. The standard InChI is InChI=1S/C19H26O9/c1-12(21)26-17(9-20)19(28-14(3)23)18(27-13(2)22)16(24)11-25-10-15-7-5-4-6-8-15/h4-8,16-20,24H,9-11H2,1-3H3/t16-,17-,18-,19-/m1/s1. The van der Waals surface area contributed by atoms with Crippen LogP contribution in [0.25, 0.3) is 0 Å². The van der Waals surface area contributed by atoms with Crippen molar-refractivity contribution in [2.45, 2.75) is 51.8 Å². The van der Waals surface area contributed by atoms with Crippen LogP contribution in [0.4, 0.5) is 0 Å². The maximum atomic E-state index is 11.5. The average Bonchev–Trinajstić information content (AvgIpc) is 2.63. The highest BCUT2D eigenvalue weighted by Crippen LogP contribution is 2.18. The number of rotatable bonds is 11. The Labute approximate surface area is 163 Å². The van der Waals surface area contributed by atoms with Crippen molar-refractivity contribution in [2.75, 3.05) is 13.2 Å². The predicted molar refractivity (Wildman–Crippen MR) is 95.9 cm³/mol. The lowest BCUT2D eigenvalue weighted by Gasteiger charge is -2.33. The van der Waals surface area contributed by atoms with E-state index in [0.29, 0.717) is 0 Å². The molecule has 156 valence electrons. The van der Waals surface area contributed by atoms with Gasteiger partial charge in [-0.3, -0.25) is 14.4 Å². The van der Waals surface area contributed by atoms with Gasteiger partial charge in [-0.05, 0) is 5.56 Å². The largest absolute Gasteiger partial charge is 0.456 e. The normalized spacial score (nSPS) is 15.0. The minimum Gasteiger partial charge on any atom is -0.456 e. The minimum atomic E-state index is -1.43. The number of carbonyl (C=O) groups excluding carboxylic acids is 3. The van der Waals surface area contributed by atoms with E-state index in [1.165, 1.54) is 0 Å². The van der Waals surface area contributed by atoms with Gasteiger partial charge in [-0.15, -0.1) is 0 Å². The molecule has 1 rings (SSSR count). The highest BCUT2D eigenvalue weighted by molar-refractivity contribution is 5.68. The summed E-state index contributed by atoms with van der Waals surface area (Å²) in [6.07, 6.45) is -5.60. The molecule has 9 nitrogen and oxygen atoms in total. The summed E-state index contributed by atoms with van der Waals surface area (Å²) in [5, 5.41) is 20.0. The fourth-order valence-electron chi connectivity index (χ4n) is 2.49. The maximum Gasteiger partial charge on any atom is 0.303 e. The van der Waals surface area contributed by atoms with Gasteiger partial charge in [-0.25, -0.2) is 0 Å². The number of esters is 3. The van der Waals surface area contributed by atoms with Crippen LogP contribution in [0.2, 0.25) is 0 Å². The Hall–Kier alpha value is -2.49. The molecule has 0 bridgehead atoms. The van der Waals surface area contributed by atoms with Gasteiger partial charge in [0.25, 0.3) is 0 Å². The molecule has 0 saturated carbocycles. The van der Waals surface area contributed by atoms with Crippen molar-refractivity contribution in [3.8, 4) is 0 Å². The third-order valence-electron chi connectivity index (χ3n) is 3.57. The summed E-state index contributed by atoms with van der Waals surface area (Å²) in [4.78, 5) is 34.2. The maximum absolute atomic E-state index is 11.5. The summed E-state index contributed by atoms with van der Waals surface area (Å²) in [6.45, 7) is 2.52. The zero-order valence-corrected chi connectivity index (χ0v) is 16.1. The van der Waals surface area contributed by atoms with E-state index in [-0.39, 0.29) is 13.2 Å². The molecule has 9 heteroatoms. The van der Waals surface area contributed by atoms with Crippen molar-refractivity contribution in [3.05, 3.63) is 35.9 Å². The van der Waals surface area contributed by atoms with E-state index in [1.807, 2.05) is 30.3 Å². The number of aliphatic hydroxyl groups is 2. The first kappa shape index (κ1) is 23.5. The van der Waals surface area contributed by atoms with Crippen molar-refractivity contribution in [3.63, 3.8) is 0 Å². The van der Waals surface area contributed by atoms with Crippen molar-refractivity contribution < 1.29 is 43.5 Å². The molecule has 0 amide bonds. The van der Waals surface area contributed by atoms with Crippen LogP contribution in [0.1, 0.15) is 26.3 Å². The topological polar surface area (TPSA) is 129 Å². The van der Waals surface area contributed by atoms with E-state index in [1.54, 1.807) is 0 Å². The third kappa shape index (κ3) is 8.47. The second kappa shape index (κ2) is 12.1. The number of ether oxygens (including phenoxy) is 4. The summed E-state index contributed by atoms with van der Waals surface area (Å²) in [5.41, 5.74) is 0.864. The lowest BCUT2D eigenvalue weighted by Crippen LogP contribution is -2.52. The Morgan fingerprint density at radius 2 is 1.43 bits per heavy atom. The predicted octanol–water partition coefficient (Wildman–Crippen LogP) is 0.352. The van der Waals surface area contributed by atoms with Crippen molar-refractivity contribution >= 4 is 17.9 Å². The lowest BCUT2D eigenvalue weighted by molar-refractivity contribution is -0.199. The first-order valence-electron chi connectivity index (χ1n) is 8.66. The van der Waals surface area contributed by atoms with Gasteiger partial charge in [0.2, 0.25) is 0 Å². The first-order valence-corrected chi connectivity index (χ1v) is 8.66. The van der Waals surface area contributed by atoms with Crippen LogP contribution < -0.4 is 0 Å². The molecular formula is C19H26O9. The van der Waals surface area contributed by atoms with E-state index in [0.717, 1.165) is 26.3 Å². The molecule has 4 atom stereocenters. The quantitative estimate of drug-likeness (QED) is 0.401. The summed E-state index contributed by atoms with van der Waals surface area (Å²) < 4.78 is 20.6. The molecule has 0 heterocycles. The van der Waals surface area contributed by atoms with Crippen LogP contribution in [0.5, 0.6) is 0 Å². The number of aliphatic hydroxyl groups excluding tert-OH is 2. The molecule has 1 aromatic carbocycles. The summed E-state index contributed by atoms with van der Waals surface area (Å²) in [6, 6.07) is 9.18. The second-order valence-corrected chi connectivity index (χ2v) is 6.05. The molecule has 1 aromatic rings. The Kier molecular flexibility index (Phi) is 10.1. The fourth-order valence-corrected chi connectivity index (χ4v) is 2.49. The smallest absolute Gasteiger partial charge is 0.303 e. The van der Waals surface area contributed by atoms with Gasteiger partial charge >= 0.3 is 17.9 Å². The summed E-state index contributed by atoms with van der Waals surface area (Å²) in [5.74, 6) is -2.28. The van der Waals surface area contributed by atoms with Gasteiger partial charge in [-0.2, -0.15) is 0 Å². The van der Waals surface area contributed by atoms with Crippen LogP contribution in [-0.2, 0) is 39.9 Å². The molecule has 0 aliphatic heterocycles.